The molecule has 0 saturated carbocycles. The van der Waals surface area contributed by atoms with E-state index in [2.05, 4.69) is 20.4 Å². The lowest BCUT2D eigenvalue weighted by Crippen LogP contribution is -2.39. The second-order valence-electron chi connectivity index (χ2n) is 6.38. The zero-order chi connectivity index (χ0) is 14.2. The minimum atomic E-state index is 0.819. The first-order valence-corrected chi connectivity index (χ1v) is 7.82. The summed E-state index contributed by atoms with van der Waals surface area (Å²) in [6.07, 6.45) is 3.25. The van der Waals surface area contributed by atoms with Crippen LogP contribution in [-0.4, -0.2) is 41.3 Å². The number of aryl methyl sites for hydroxylation is 1. The number of furan rings is 1. The Morgan fingerprint density at radius 2 is 2.24 bits per heavy atom. The Morgan fingerprint density at radius 3 is 3.10 bits per heavy atom. The summed E-state index contributed by atoms with van der Waals surface area (Å²) < 4.78 is 5.73. The van der Waals surface area contributed by atoms with Crippen LogP contribution in [0, 0.1) is 18.8 Å². The smallest absolute Gasteiger partial charge is 0.152 e. The van der Waals surface area contributed by atoms with E-state index in [0.717, 1.165) is 35.6 Å². The van der Waals surface area contributed by atoms with Gasteiger partial charge in [0.25, 0.3) is 0 Å². The number of likely N-dealkylation sites (tertiary alicyclic amines) is 1. The van der Waals surface area contributed by atoms with Gasteiger partial charge in [0.05, 0.1) is 6.20 Å². The number of piperidine rings is 1. The van der Waals surface area contributed by atoms with Crippen molar-refractivity contribution >= 4 is 0 Å². The van der Waals surface area contributed by atoms with Crippen molar-refractivity contribution < 1.29 is 4.42 Å². The summed E-state index contributed by atoms with van der Waals surface area (Å²) in [5.74, 6) is 3.53. The number of hydrogen-bond acceptors (Lipinski definition) is 4. The van der Waals surface area contributed by atoms with Crippen molar-refractivity contribution in [3.8, 4) is 11.5 Å². The highest BCUT2D eigenvalue weighted by Gasteiger charge is 2.32. The van der Waals surface area contributed by atoms with Gasteiger partial charge >= 0.3 is 0 Å². The van der Waals surface area contributed by atoms with Crippen molar-refractivity contribution in [2.75, 3.05) is 26.2 Å². The van der Waals surface area contributed by atoms with Gasteiger partial charge in [-0.1, -0.05) is 0 Å². The van der Waals surface area contributed by atoms with Crippen LogP contribution < -0.4 is 5.32 Å². The monoisotopic (exact) mass is 286 g/mol. The molecule has 4 heterocycles. The molecule has 2 aliphatic rings. The van der Waals surface area contributed by atoms with Gasteiger partial charge in [0.15, 0.2) is 5.76 Å². The van der Waals surface area contributed by atoms with Crippen LogP contribution in [-0.2, 0) is 6.54 Å². The van der Waals surface area contributed by atoms with E-state index in [1.807, 2.05) is 25.3 Å². The van der Waals surface area contributed by atoms with Crippen molar-refractivity contribution in [1.82, 2.24) is 20.4 Å². The van der Waals surface area contributed by atoms with E-state index in [4.69, 9.17) is 4.42 Å². The van der Waals surface area contributed by atoms with Crippen LogP contribution in [0.15, 0.2) is 22.7 Å². The lowest BCUT2D eigenvalue weighted by Gasteiger charge is -2.34. The summed E-state index contributed by atoms with van der Waals surface area (Å²) in [4.78, 5) is 2.55. The Balaban J connectivity index is 1.49. The topological polar surface area (TPSA) is 57.1 Å². The summed E-state index contributed by atoms with van der Waals surface area (Å²) in [6.45, 7) is 7.69. The fourth-order valence-corrected chi connectivity index (χ4v) is 3.71. The molecule has 2 saturated heterocycles. The molecule has 2 fully saturated rings. The zero-order valence-electron chi connectivity index (χ0n) is 12.4. The van der Waals surface area contributed by atoms with Gasteiger partial charge in [0, 0.05) is 18.7 Å². The third-order valence-electron chi connectivity index (χ3n) is 4.89. The van der Waals surface area contributed by atoms with E-state index in [9.17, 15) is 0 Å². The van der Waals surface area contributed by atoms with Crippen LogP contribution in [0.5, 0.6) is 0 Å². The third-order valence-corrected chi connectivity index (χ3v) is 4.89. The molecule has 2 N–H and O–H groups in total. The number of H-pyrrole nitrogens is 1. The van der Waals surface area contributed by atoms with Gasteiger partial charge in [-0.15, -0.1) is 0 Å². The quantitative estimate of drug-likeness (QED) is 0.906. The Labute approximate surface area is 124 Å². The molecule has 2 aromatic heterocycles. The maximum Gasteiger partial charge on any atom is 0.152 e. The minimum absolute atomic E-state index is 0.819. The van der Waals surface area contributed by atoms with Gasteiger partial charge in [0.1, 0.15) is 11.5 Å². The largest absolute Gasteiger partial charge is 0.460 e. The van der Waals surface area contributed by atoms with Crippen LogP contribution in [0.1, 0.15) is 17.7 Å². The first-order valence-electron chi connectivity index (χ1n) is 7.82. The second kappa shape index (κ2) is 5.31. The summed E-state index contributed by atoms with van der Waals surface area (Å²) in [7, 11) is 0. The van der Waals surface area contributed by atoms with E-state index >= 15 is 0 Å². The van der Waals surface area contributed by atoms with Crippen molar-refractivity contribution in [2.24, 2.45) is 11.8 Å². The van der Waals surface area contributed by atoms with Gasteiger partial charge in [0.2, 0.25) is 0 Å². The van der Waals surface area contributed by atoms with Crippen molar-refractivity contribution in [2.45, 2.75) is 19.9 Å². The molecule has 21 heavy (non-hydrogen) atoms. The lowest BCUT2D eigenvalue weighted by molar-refractivity contribution is 0.142. The molecule has 0 radical (unpaired) electrons. The molecule has 0 unspecified atom stereocenters. The summed E-state index contributed by atoms with van der Waals surface area (Å²) in [5, 5.41) is 10.8. The van der Waals surface area contributed by atoms with E-state index in [1.54, 1.807) is 0 Å². The molecular formula is C16H22N4O. The Morgan fingerprint density at radius 1 is 1.33 bits per heavy atom. The molecule has 0 aromatic carbocycles. The highest BCUT2D eigenvalue weighted by Crippen LogP contribution is 2.29. The SMILES string of the molecule is Cc1ccc(-c2[nH]ncc2CN2CC[C@@H]3CNC[C@@H]3C2)o1. The standard InChI is InChI=1S/C16H22N4O/c1-11-2-3-15(21-11)16-14(8-18-19-16)10-20-5-4-12-6-17-7-13(12)9-20/h2-3,8,12-13,17H,4-7,9-10H2,1H3,(H,18,19)/t12-,13-/m1/s1. The molecule has 0 spiro atoms. The maximum atomic E-state index is 5.73. The number of aromatic nitrogens is 2. The summed E-state index contributed by atoms with van der Waals surface area (Å²) in [5.41, 5.74) is 2.25. The fraction of sp³-hybridized carbons (Fsp3) is 0.562. The average Bonchev–Trinajstić information content (AvgIpc) is 3.18. The molecule has 2 aromatic rings. The molecule has 2 atom stereocenters. The Kier molecular flexibility index (Phi) is 3.31. The van der Waals surface area contributed by atoms with Crippen LogP contribution in [0.2, 0.25) is 0 Å². The average molecular weight is 286 g/mol. The molecular weight excluding hydrogens is 264 g/mol. The number of hydrogen-bond donors (Lipinski definition) is 2. The number of fused-ring (bicyclic) bond motifs is 1. The van der Waals surface area contributed by atoms with Crippen molar-refractivity contribution in [3.63, 3.8) is 0 Å². The van der Waals surface area contributed by atoms with Crippen molar-refractivity contribution in [3.05, 3.63) is 29.7 Å². The molecule has 5 nitrogen and oxygen atoms in total. The van der Waals surface area contributed by atoms with Gasteiger partial charge in [-0.25, -0.2) is 0 Å². The van der Waals surface area contributed by atoms with E-state index in [1.165, 1.54) is 38.2 Å². The number of nitrogens with one attached hydrogen (secondary N) is 2. The van der Waals surface area contributed by atoms with E-state index in [0.29, 0.717) is 0 Å². The van der Waals surface area contributed by atoms with Gasteiger partial charge < -0.3 is 9.73 Å². The number of rotatable bonds is 3. The second-order valence-corrected chi connectivity index (χ2v) is 6.38. The zero-order valence-corrected chi connectivity index (χ0v) is 12.4. The molecule has 0 amide bonds. The van der Waals surface area contributed by atoms with Crippen LogP contribution >= 0.6 is 0 Å². The van der Waals surface area contributed by atoms with Gasteiger partial charge in [-0.05, 0) is 56.9 Å². The minimum Gasteiger partial charge on any atom is -0.460 e. The Bertz CT molecular complexity index is 617. The maximum absolute atomic E-state index is 5.73. The highest BCUT2D eigenvalue weighted by molar-refractivity contribution is 5.56. The third kappa shape index (κ3) is 2.51. The van der Waals surface area contributed by atoms with Crippen molar-refractivity contribution in [1.29, 1.82) is 0 Å². The van der Waals surface area contributed by atoms with E-state index in [-0.39, 0.29) is 0 Å². The molecule has 5 heteroatoms. The van der Waals surface area contributed by atoms with Gasteiger partial charge in [-0.2, -0.15) is 5.10 Å². The summed E-state index contributed by atoms with van der Waals surface area (Å²) in [6, 6.07) is 4.01. The predicted molar refractivity (Wildman–Crippen MR) is 80.8 cm³/mol. The molecule has 112 valence electrons. The van der Waals surface area contributed by atoms with Crippen LogP contribution in [0.25, 0.3) is 11.5 Å². The van der Waals surface area contributed by atoms with Crippen LogP contribution in [0.4, 0.5) is 0 Å². The van der Waals surface area contributed by atoms with Crippen LogP contribution in [0.3, 0.4) is 0 Å². The molecule has 0 aliphatic carbocycles. The Hall–Kier alpha value is -1.59. The predicted octanol–water partition coefficient (Wildman–Crippen LogP) is 2.02. The fourth-order valence-electron chi connectivity index (χ4n) is 3.71. The normalized spacial score (nSPS) is 26.1. The molecule has 0 bridgehead atoms. The number of nitrogens with zero attached hydrogens (tertiary/aromatic N) is 2. The first kappa shape index (κ1) is 13.1. The molecule has 4 rings (SSSR count). The lowest BCUT2D eigenvalue weighted by atomic mass is 9.88. The molecule has 2 aliphatic heterocycles. The van der Waals surface area contributed by atoms with Gasteiger partial charge in [-0.3, -0.25) is 10.00 Å². The summed E-state index contributed by atoms with van der Waals surface area (Å²) >= 11 is 0. The van der Waals surface area contributed by atoms with E-state index < -0.39 is 0 Å². The first-order chi connectivity index (χ1) is 10.3. The number of aromatic amines is 1. The highest BCUT2D eigenvalue weighted by atomic mass is 16.3.